The van der Waals surface area contributed by atoms with Crippen LogP contribution in [0.3, 0.4) is 0 Å². The summed E-state index contributed by atoms with van der Waals surface area (Å²) >= 11 is 7.40. The average Bonchev–Trinajstić information content (AvgIpc) is 3.23. The highest BCUT2D eigenvalue weighted by atomic mass is 35.5. The zero-order valence-electron chi connectivity index (χ0n) is 17.5. The van der Waals surface area contributed by atoms with Gasteiger partial charge in [0.15, 0.2) is 5.13 Å². The van der Waals surface area contributed by atoms with E-state index in [0.29, 0.717) is 34.6 Å². The van der Waals surface area contributed by atoms with Crippen LogP contribution in [0.1, 0.15) is 11.3 Å². The van der Waals surface area contributed by atoms with Gasteiger partial charge in [0.1, 0.15) is 5.82 Å². The van der Waals surface area contributed by atoms with Crippen LogP contribution in [0.5, 0.6) is 0 Å². The highest BCUT2D eigenvalue weighted by molar-refractivity contribution is 7.13. The molecule has 1 aliphatic heterocycles. The summed E-state index contributed by atoms with van der Waals surface area (Å²) in [7, 11) is 0. The third-order valence-corrected chi connectivity index (χ3v) is 6.32. The van der Waals surface area contributed by atoms with Crippen molar-refractivity contribution in [3.8, 4) is 0 Å². The second-order valence-electron chi connectivity index (χ2n) is 7.43. The number of aromatic nitrogens is 2. The van der Waals surface area contributed by atoms with Gasteiger partial charge in [0, 0.05) is 48.5 Å². The molecule has 1 aliphatic rings. The van der Waals surface area contributed by atoms with E-state index in [1.165, 1.54) is 11.3 Å². The van der Waals surface area contributed by atoms with Gasteiger partial charge < -0.3 is 15.1 Å². The second-order valence-corrected chi connectivity index (χ2v) is 8.69. The fraction of sp³-hybridized carbons (Fsp3) is 0.273. The van der Waals surface area contributed by atoms with E-state index in [-0.39, 0.29) is 18.4 Å². The summed E-state index contributed by atoms with van der Waals surface area (Å²) in [4.78, 5) is 37.6. The molecule has 2 N–H and O–H groups in total. The van der Waals surface area contributed by atoms with Gasteiger partial charge in [-0.3, -0.25) is 10.1 Å². The molecule has 0 unspecified atom stereocenters. The van der Waals surface area contributed by atoms with E-state index < -0.39 is 0 Å². The molecule has 1 saturated heterocycles. The second kappa shape index (κ2) is 9.97. The van der Waals surface area contributed by atoms with E-state index in [4.69, 9.17) is 11.6 Å². The summed E-state index contributed by atoms with van der Waals surface area (Å²) in [6, 6.07) is 11.0. The van der Waals surface area contributed by atoms with Crippen LogP contribution in [-0.2, 0) is 11.2 Å². The molecule has 8 nitrogen and oxygen atoms in total. The molecule has 0 saturated carbocycles. The average molecular weight is 471 g/mol. The molecule has 1 fully saturated rings. The van der Waals surface area contributed by atoms with Crippen LogP contribution in [0.4, 0.5) is 21.4 Å². The van der Waals surface area contributed by atoms with E-state index >= 15 is 0 Å². The first kappa shape index (κ1) is 22.0. The zero-order chi connectivity index (χ0) is 22.5. The van der Waals surface area contributed by atoms with Crippen molar-refractivity contribution in [1.29, 1.82) is 0 Å². The maximum absolute atomic E-state index is 12.6. The standard InChI is InChI=1S/C22H23ClN6O2S/c1-15-5-6-16(12-18(15)23)25-20(30)13-17-14-32-21(26-17)27-22(31)29-10-8-28(9-11-29)19-4-2-3-7-24-19/h2-7,12,14H,8-11,13H2,1H3,(H,25,30)(H,26,27,31). The molecule has 2 aromatic heterocycles. The zero-order valence-corrected chi connectivity index (χ0v) is 19.1. The molecule has 3 amide bonds. The first-order valence-electron chi connectivity index (χ1n) is 10.2. The molecule has 3 heterocycles. The van der Waals surface area contributed by atoms with Crippen LogP contribution in [-0.4, -0.2) is 53.0 Å². The molecule has 1 aromatic carbocycles. The number of pyridine rings is 1. The quantitative estimate of drug-likeness (QED) is 0.587. The van der Waals surface area contributed by atoms with Crippen LogP contribution in [0, 0.1) is 6.92 Å². The van der Waals surface area contributed by atoms with E-state index in [2.05, 4.69) is 25.5 Å². The number of aryl methyl sites for hydroxylation is 1. The summed E-state index contributed by atoms with van der Waals surface area (Å²) in [5.41, 5.74) is 2.18. The molecule has 0 atom stereocenters. The molecular formula is C22H23ClN6O2S. The SMILES string of the molecule is Cc1ccc(NC(=O)Cc2csc(NC(=O)N3CCN(c4ccccn4)CC3)n2)cc1Cl. The Kier molecular flexibility index (Phi) is 6.87. The number of benzene rings is 1. The number of carbonyl (C=O) groups is 2. The van der Waals surface area contributed by atoms with Crippen molar-refractivity contribution in [2.45, 2.75) is 13.3 Å². The summed E-state index contributed by atoms with van der Waals surface area (Å²) in [6.07, 6.45) is 1.88. The molecule has 0 radical (unpaired) electrons. The number of halogens is 1. The number of thiazole rings is 1. The van der Waals surface area contributed by atoms with Crippen LogP contribution < -0.4 is 15.5 Å². The number of amides is 3. The molecule has 4 rings (SSSR count). The van der Waals surface area contributed by atoms with Crippen molar-refractivity contribution in [1.82, 2.24) is 14.9 Å². The molecule has 10 heteroatoms. The number of hydrogen-bond donors (Lipinski definition) is 2. The summed E-state index contributed by atoms with van der Waals surface area (Å²) in [6.45, 7) is 4.54. The van der Waals surface area contributed by atoms with E-state index in [1.807, 2.05) is 31.2 Å². The number of rotatable bonds is 5. The topological polar surface area (TPSA) is 90.5 Å². The van der Waals surface area contributed by atoms with Crippen molar-refractivity contribution in [3.05, 3.63) is 64.3 Å². The lowest BCUT2D eigenvalue weighted by molar-refractivity contribution is -0.115. The number of nitrogens with one attached hydrogen (secondary N) is 2. The van der Waals surface area contributed by atoms with Crippen molar-refractivity contribution in [2.24, 2.45) is 0 Å². The van der Waals surface area contributed by atoms with Gasteiger partial charge in [0.25, 0.3) is 0 Å². The Labute approximate surface area is 195 Å². The Morgan fingerprint density at radius 1 is 1.12 bits per heavy atom. The van der Waals surface area contributed by atoms with Crippen LogP contribution in [0.25, 0.3) is 0 Å². The number of urea groups is 1. The summed E-state index contributed by atoms with van der Waals surface area (Å²) in [5.74, 6) is 0.724. The van der Waals surface area contributed by atoms with E-state index in [0.717, 1.165) is 24.5 Å². The van der Waals surface area contributed by atoms with Crippen LogP contribution >= 0.6 is 22.9 Å². The van der Waals surface area contributed by atoms with Crippen molar-refractivity contribution < 1.29 is 9.59 Å². The lowest BCUT2D eigenvalue weighted by Crippen LogP contribution is -2.50. The maximum atomic E-state index is 12.6. The Bertz CT molecular complexity index is 1100. The third-order valence-electron chi connectivity index (χ3n) is 5.10. The lowest BCUT2D eigenvalue weighted by Gasteiger charge is -2.35. The summed E-state index contributed by atoms with van der Waals surface area (Å²) in [5, 5.41) is 8.50. The minimum atomic E-state index is -0.196. The van der Waals surface area contributed by atoms with Gasteiger partial charge in [-0.25, -0.2) is 14.8 Å². The predicted molar refractivity (Wildman–Crippen MR) is 128 cm³/mol. The molecule has 0 spiro atoms. The van der Waals surface area contributed by atoms with Gasteiger partial charge in [0.05, 0.1) is 12.1 Å². The largest absolute Gasteiger partial charge is 0.353 e. The highest BCUT2D eigenvalue weighted by Gasteiger charge is 2.22. The van der Waals surface area contributed by atoms with E-state index in [1.54, 1.807) is 28.6 Å². The van der Waals surface area contributed by atoms with Gasteiger partial charge in [-0.1, -0.05) is 23.7 Å². The fourth-order valence-corrected chi connectivity index (χ4v) is 4.22. The number of carbonyl (C=O) groups excluding carboxylic acids is 2. The van der Waals surface area contributed by atoms with Crippen LogP contribution in [0.2, 0.25) is 5.02 Å². The van der Waals surface area contributed by atoms with Crippen LogP contribution in [0.15, 0.2) is 48.0 Å². The minimum absolute atomic E-state index is 0.112. The Morgan fingerprint density at radius 2 is 1.94 bits per heavy atom. The Hall–Kier alpha value is -3.17. The van der Waals surface area contributed by atoms with E-state index in [9.17, 15) is 9.59 Å². The van der Waals surface area contributed by atoms with Gasteiger partial charge in [0.2, 0.25) is 5.91 Å². The molecule has 32 heavy (non-hydrogen) atoms. The minimum Gasteiger partial charge on any atom is -0.353 e. The predicted octanol–water partition coefficient (Wildman–Crippen LogP) is 4.04. The Balaban J connectivity index is 1.26. The third kappa shape index (κ3) is 5.54. The number of piperazine rings is 1. The number of nitrogens with zero attached hydrogens (tertiary/aromatic N) is 4. The monoisotopic (exact) mass is 470 g/mol. The summed E-state index contributed by atoms with van der Waals surface area (Å²) < 4.78 is 0. The molecule has 0 bridgehead atoms. The number of hydrogen-bond acceptors (Lipinski definition) is 6. The smallest absolute Gasteiger partial charge is 0.323 e. The fourth-order valence-electron chi connectivity index (χ4n) is 3.34. The van der Waals surface area contributed by atoms with Gasteiger partial charge in [-0.05, 0) is 36.8 Å². The maximum Gasteiger partial charge on any atom is 0.323 e. The molecule has 0 aliphatic carbocycles. The number of anilines is 3. The first-order chi connectivity index (χ1) is 15.5. The molecule has 166 valence electrons. The lowest BCUT2D eigenvalue weighted by atomic mass is 10.2. The van der Waals surface area contributed by atoms with Gasteiger partial charge in [-0.15, -0.1) is 11.3 Å². The van der Waals surface area contributed by atoms with Crippen molar-refractivity contribution >= 4 is 51.5 Å². The van der Waals surface area contributed by atoms with Gasteiger partial charge >= 0.3 is 6.03 Å². The normalized spacial score (nSPS) is 13.7. The molecular weight excluding hydrogens is 448 g/mol. The first-order valence-corrected chi connectivity index (χ1v) is 11.5. The van der Waals surface area contributed by atoms with Gasteiger partial charge in [-0.2, -0.15) is 0 Å². The Morgan fingerprint density at radius 3 is 2.66 bits per heavy atom. The van der Waals surface area contributed by atoms with Crippen molar-refractivity contribution in [3.63, 3.8) is 0 Å². The molecule has 3 aromatic rings. The highest BCUT2D eigenvalue weighted by Crippen LogP contribution is 2.21. The van der Waals surface area contributed by atoms with Crippen molar-refractivity contribution in [2.75, 3.05) is 41.7 Å².